The molecule has 1 aromatic carbocycles. The van der Waals surface area contributed by atoms with E-state index in [1.54, 1.807) is 23.5 Å². The van der Waals surface area contributed by atoms with Crippen molar-refractivity contribution in [2.24, 2.45) is 0 Å². The number of nitrogens with zero attached hydrogens (tertiary/aromatic N) is 2. The molecule has 2 aromatic rings. The fraction of sp³-hybridized carbons (Fsp3) is 0.412. The number of likely N-dealkylation sites (N-methyl/N-ethyl adjacent to an activating group) is 1. The van der Waals surface area contributed by atoms with Gasteiger partial charge in [-0.05, 0) is 53.7 Å². The number of halogens is 1. The first kappa shape index (κ1) is 18.8. The summed E-state index contributed by atoms with van der Waals surface area (Å²) in [5.74, 6) is 0. The lowest BCUT2D eigenvalue weighted by Crippen LogP contribution is -2.48. The van der Waals surface area contributed by atoms with Gasteiger partial charge < -0.3 is 4.90 Å². The third-order valence-electron chi connectivity index (χ3n) is 4.50. The molecule has 0 bridgehead atoms. The van der Waals surface area contributed by atoms with Crippen LogP contribution in [-0.2, 0) is 10.0 Å². The lowest BCUT2D eigenvalue weighted by Gasteiger charge is -2.37. The van der Waals surface area contributed by atoms with E-state index in [1.807, 2.05) is 5.38 Å². The molecule has 0 radical (unpaired) electrons. The van der Waals surface area contributed by atoms with Crippen LogP contribution in [0.1, 0.15) is 11.6 Å². The number of benzene rings is 1. The zero-order valence-corrected chi connectivity index (χ0v) is 16.4. The van der Waals surface area contributed by atoms with Gasteiger partial charge in [0.15, 0.2) is 0 Å². The molecule has 0 saturated carbocycles. The quantitative estimate of drug-likeness (QED) is 0.811. The number of piperazine rings is 1. The normalized spacial score (nSPS) is 18.3. The van der Waals surface area contributed by atoms with Gasteiger partial charge in [-0.15, -0.1) is 0 Å². The van der Waals surface area contributed by atoms with Gasteiger partial charge in [-0.2, -0.15) is 11.3 Å². The first-order valence-corrected chi connectivity index (χ1v) is 11.0. The van der Waals surface area contributed by atoms with E-state index in [9.17, 15) is 8.42 Å². The van der Waals surface area contributed by atoms with Gasteiger partial charge >= 0.3 is 0 Å². The lowest BCUT2D eigenvalue weighted by molar-refractivity contribution is 0.113. The molecule has 25 heavy (non-hydrogen) atoms. The van der Waals surface area contributed by atoms with Crippen molar-refractivity contribution in [3.8, 4) is 0 Å². The summed E-state index contributed by atoms with van der Waals surface area (Å²) < 4.78 is 27.9. The van der Waals surface area contributed by atoms with E-state index in [2.05, 4.69) is 33.0 Å². The molecule has 8 heteroatoms. The Bertz CT molecular complexity index is 771. The fourth-order valence-corrected chi connectivity index (χ4v) is 4.81. The molecule has 1 N–H and O–H groups in total. The minimum absolute atomic E-state index is 0.0435. The summed E-state index contributed by atoms with van der Waals surface area (Å²) in [6.07, 6.45) is 0. The summed E-state index contributed by atoms with van der Waals surface area (Å²) in [4.78, 5) is 4.88. The first-order valence-electron chi connectivity index (χ1n) is 8.15. The van der Waals surface area contributed by atoms with Crippen LogP contribution >= 0.6 is 22.9 Å². The highest BCUT2D eigenvalue weighted by Gasteiger charge is 2.26. The van der Waals surface area contributed by atoms with Gasteiger partial charge in [0.25, 0.3) is 0 Å². The molecule has 1 aliphatic heterocycles. The number of thiophene rings is 1. The van der Waals surface area contributed by atoms with Crippen LogP contribution in [0.5, 0.6) is 0 Å². The summed E-state index contributed by atoms with van der Waals surface area (Å²) in [5, 5.41) is 4.65. The van der Waals surface area contributed by atoms with Gasteiger partial charge in [-0.25, -0.2) is 13.1 Å². The highest BCUT2D eigenvalue weighted by Crippen LogP contribution is 2.24. The van der Waals surface area contributed by atoms with E-state index in [0.29, 0.717) is 11.6 Å². The molecule has 136 valence electrons. The van der Waals surface area contributed by atoms with Crippen molar-refractivity contribution in [1.82, 2.24) is 14.5 Å². The van der Waals surface area contributed by atoms with Crippen LogP contribution < -0.4 is 4.72 Å². The first-order chi connectivity index (χ1) is 12.0. The molecule has 0 aliphatic carbocycles. The van der Waals surface area contributed by atoms with E-state index in [-0.39, 0.29) is 10.9 Å². The van der Waals surface area contributed by atoms with Crippen LogP contribution in [0.2, 0.25) is 5.02 Å². The SMILES string of the molecule is CN1CCN([C@H](CNS(=O)(=O)c2ccc(Cl)cc2)c2ccsc2)CC1. The molecule has 2 heterocycles. The predicted molar refractivity (Wildman–Crippen MR) is 103 cm³/mol. The maximum Gasteiger partial charge on any atom is 0.240 e. The predicted octanol–water partition coefficient (Wildman–Crippen LogP) is 2.67. The topological polar surface area (TPSA) is 52.6 Å². The second kappa shape index (κ2) is 8.16. The van der Waals surface area contributed by atoms with Gasteiger partial charge in [-0.3, -0.25) is 4.90 Å². The van der Waals surface area contributed by atoms with Crippen LogP contribution in [0.15, 0.2) is 46.0 Å². The summed E-state index contributed by atoms with van der Waals surface area (Å²) in [6.45, 7) is 4.19. The van der Waals surface area contributed by atoms with Gasteiger partial charge in [0, 0.05) is 43.8 Å². The van der Waals surface area contributed by atoms with Crippen molar-refractivity contribution in [1.29, 1.82) is 0 Å². The van der Waals surface area contributed by atoms with Gasteiger partial charge in [-0.1, -0.05) is 11.6 Å². The Morgan fingerprint density at radius 1 is 1.16 bits per heavy atom. The minimum atomic E-state index is -3.55. The van der Waals surface area contributed by atoms with Crippen molar-refractivity contribution in [3.05, 3.63) is 51.7 Å². The Morgan fingerprint density at radius 2 is 1.84 bits per heavy atom. The van der Waals surface area contributed by atoms with Crippen molar-refractivity contribution >= 4 is 33.0 Å². The Labute approximate surface area is 158 Å². The molecule has 3 rings (SSSR count). The van der Waals surface area contributed by atoms with Gasteiger partial charge in [0.2, 0.25) is 10.0 Å². The van der Waals surface area contributed by atoms with Crippen LogP contribution in [0.4, 0.5) is 0 Å². The van der Waals surface area contributed by atoms with Crippen LogP contribution in [-0.4, -0.2) is 58.0 Å². The molecule has 1 aromatic heterocycles. The van der Waals surface area contributed by atoms with E-state index < -0.39 is 10.0 Å². The average Bonchev–Trinajstić information content (AvgIpc) is 3.11. The highest BCUT2D eigenvalue weighted by molar-refractivity contribution is 7.89. The van der Waals surface area contributed by atoms with Crippen LogP contribution in [0.25, 0.3) is 0 Å². The van der Waals surface area contributed by atoms with E-state index in [1.165, 1.54) is 12.1 Å². The Kier molecular flexibility index (Phi) is 6.14. The lowest BCUT2D eigenvalue weighted by atomic mass is 10.1. The summed E-state index contributed by atoms with van der Waals surface area (Å²) in [7, 11) is -1.44. The molecule has 1 atom stereocenters. The largest absolute Gasteiger partial charge is 0.304 e. The smallest absolute Gasteiger partial charge is 0.240 e. The number of rotatable bonds is 6. The maximum absolute atomic E-state index is 12.6. The molecule has 1 saturated heterocycles. The Morgan fingerprint density at radius 3 is 2.44 bits per heavy atom. The molecule has 5 nitrogen and oxygen atoms in total. The third kappa shape index (κ3) is 4.81. The zero-order valence-electron chi connectivity index (χ0n) is 14.1. The number of hydrogen-bond acceptors (Lipinski definition) is 5. The second-order valence-electron chi connectivity index (χ2n) is 6.22. The highest BCUT2D eigenvalue weighted by atomic mass is 35.5. The molecular weight excluding hydrogens is 378 g/mol. The summed E-state index contributed by atoms with van der Waals surface area (Å²) in [6, 6.07) is 8.35. The third-order valence-corrected chi connectivity index (χ3v) is 6.89. The molecule has 1 fully saturated rings. The number of sulfonamides is 1. The number of nitrogens with one attached hydrogen (secondary N) is 1. The van der Waals surface area contributed by atoms with E-state index >= 15 is 0 Å². The maximum atomic E-state index is 12.6. The molecule has 0 amide bonds. The van der Waals surface area contributed by atoms with Crippen LogP contribution in [0.3, 0.4) is 0 Å². The van der Waals surface area contributed by atoms with Crippen molar-refractivity contribution < 1.29 is 8.42 Å². The standard InChI is InChI=1S/C17H22ClN3O2S2/c1-20-7-9-21(10-8-20)17(14-6-11-24-13-14)12-19-25(22,23)16-4-2-15(18)3-5-16/h2-6,11,13,17,19H,7-10,12H2,1H3/t17-/m1/s1. The van der Waals surface area contributed by atoms with Crippen molar-refractivity contribution in [3.63, 3.8) is 0 Å². The van der Waals surface area contributed by atoms with Crippen molar-refractivity contribution in [2.45, 2.75) is 10.9 Å². The Hall–Kier alpha value is -0.960. The molecule has 0 spiro atoms. The monoisotopic (exact) mass is 399 g/mol. The molecular formula is C17H22ClN3O2S2. The van der Waals surface area contributed by atoms with E-state index in [0.717, 1.165) is 31.7 Å². The van der Waals surface area contributed by atoms with Crippen LogP contribution in [0, 0.1) is 0 Å². The molecule has 0 unspecified atom stereocenters. The Balaban J connectivity index is 1.73. The van der Waals surface area contributed by atoms with Gasteiger partial charge in [0.05, 0.1) is 4.90 Å². The summed E-state index contributed by atoms with van der Waals surface area (Å²) in [5.41, 5.74) is 1.16. The molecule has 1 aliphatic rings. The second-order valence-corrected chi connectivity index (χ2v) is 9.20. The number of hydrogen-bond donors (Lipinski definition) is 1. The summed E-state index contributed by atoms with van der Waals surface area (Å²) >= 11 is 7.48. The van der Waals surface area contributed by atoms with E-state index in [4.69, 9.17) is 11.6 Å². The average molecular weight is 400 g/mol. The zero-order chi connectivity index (χ0) is 17.9. The minimum Gasteiger partial charge on any atom is -0.304 e. The van der Waals surface area contributed by atoms with Gasteiger partial charge in [0.1, 0.15) is 0 Å². The fourth-order valence-electron chi connectivity index (χ4n) is 2.94. The van der Waals surface area contributed by atoms with Crippen molar-refractivity contribution in [2.75, 3.05) is 39.8 Å².